The smallest absolute Gasteiger partial charge is 0.260 e. The molecule has 0 saturated carbocycles. The van der Waals surface area contributed by atoms with Crippen molar-refractivity contribution in [3.63, 3.8) is 0 Å². The molecule has 28 heavy (non-hydrogen) atoms. The number of hydrogen-bond donors (Lipinski definition) is 0. The summed E-state index contributed by atoms with van der Waals surface area (Å²) in [5.41, 5.74) is 0.549. The van der Waals surface area contributed by atoms with Gasteiger partial charge in [0.15, 0.2) is 6.61 Å². The zero-order valence-corrected chi connectivity index (χ0v) is 17.3. The van der Waals surface area contributed by atoms with Crippen LogP contribution in [0.25, 0.3) is 0 Å². The summed E-state index contributed by atoms with van der Waals surface area (Å²) >= 11 is 17.9. The first-order chi connectivity index (χ1) is 13.4. The Morgan fingerprint density at radius 3 is 2.36 bits per heavy atom. The molecule has 1 heterocycles. The molecule has 148 valence electrons. The number of halogens is 3. The van der Waals surface area contributed by atoms with Crippen molar-refractivity contribution in [3.05, 3.63) is 63.1 Å². The number of carbonyl (C=O) groups excluding carboxylic acids is 2. The molecule has 2 amide bonds. The number of benzene rings is 2. The number of ether oxygens (including phenoxy) is 1. The van der Waals surface area contributed by atoms with E-state index < -0.39 is 0 Å². The molecule has 1 saturated heterocycles. The van der Waals surface area contributed by atoms with Gasteiger partial charge in [-0.15, -0.1) is 0 Å². The molecular formula is C20H19Cl3N2O3. The minimum absolute atomic E-state index is 0.0824. The monoisotopic (exact) mass is 440 g/mol. The highest BCUT2D eigenvalue weighted by Crippen LogP contribution is 2.27. The fourth-order valence-corrected chi connectivity index (χ4v) is 3.65. The van der Waals surface area contributed by atoms with Gasteiger partial charge in [0.05, 0.1) is 5.02 Å². The Bertz CT molecular complexity index is 876. The molecule has 0 bridgehead atoms. The van der Waals surface area contributed by atoms with Gasteiger partial charge in [-0.25, -0.2) is 0 Å². The van der Waals surface area contributed by atoms with E-state index in [1.807, 2.05) is 0 Å². The van der Waals surface area contributed by atoms with Gasteiger partial charge >= 0.3 is 0 Å². The second-order valence-corrected chi connectivity index (χ2v) is 7.68. The van der Waals surface area contributed by atoms with Crippen LogP contribution in [0.4, 0.5) is 0 Å². The lowest BCUT2D eigenvalue weighted by Gasteiger charge is -2.22. The maximum absolute atomic E-state index is 12.7. The number of amides is 2. The summed E-state index contributed by atoms with van der Waals surface area (Å²) in [6.45, 7) is 1.93. The molecule has 0 N–H and O–H groups in total. The van der Waals surface area contributed by atoms with Crippen LogP contribution in [-0.4, -0.2) is 54.4 Å². The normalized spacial score (nSPS) is 14.5. The summed E-state index contributed by atoms with van der Waals surface area (Å²) < 4.78 is 5.53. The molecule has 3 rings (SSSR count). The standard InChI is InChI=1S/C20H19Cl3N2O3/c21-15-4-1-3-14(11-15)20(27)25-8-2-7-24(9-10-25)19(26)13-28-18-6-5-16(22)12-17(18)23/h1,3-6,11-12H,2,7-10,13H2. The molecule has 0 unspecified atom stereocenters. The number of nitrogens with zero attached hydrogens (tertiary/aromatic N) is 2. The van der Waals surface area contributed by atoms with Crippen LogP contribution in [0.15, 0.2) is 42.5 Å². The van der Waals surface area contributed by atoms with Crippen LogP contribution in [0, 0.1) is 0 Å². The van der Waals surface area contributed by atoms with Crippen LogP contribution in [-0.2, 0) is 4.79 Å². The minimum atomic E-state index is -0.150. The topological polar surface area (TPSA) is 49.9 Å². The van der Waals surface area contributed by atoms with Gasteiger partial charge in [-0.2, -0.15) is 0 Å². The third-order valence-corrected chi connectivity index (χ3v) is 5.22. The Morgan fingerprint density at radius 2 is 1.61 bits per heavy atom. The zero-order chi connectivity index (χ0) is 20.1. The zero-order valence-electron chi connectivity index (χ0n) is 15.0. The van der Waals surface area contributed by atoms with Gasteiger partial charge in [-0.1, -0.05) is 40.9 Å². The van der Waals surface area contributed by atoms with Crippen molar-refractivity contribution in [2.24, 2.45) is 0 Å². The Morgan fingerprint density at radius 1 is 0.893 bits per heavy atom. The summed E-state index contributed by atoms with van der Waals surface area (Å²) in [7, 11) is 0. The van der Waals surface area contributed by atoms with E-state index in [4.69, 9.17) is 39.5 Å². The molecule has 1 aliphatic rings. The van der Waals surface area contributed by atoms with Gasteiger partial charge in [0.1, 0.15) is 5.75 Å². The van der Waals surface area contributed by atoms with Crippen molar-refractivity contribution in [2.45, 2.75) is 6.42 Å². The van der Waals surface area contributed by atoms with Gasteiger partial charge in [-0.05, 0) is 42.8 Å². The average Bonchev–Trinajstić information content (AvgIpc) is 2.93. The van der Waals surface area contributed by atoms with Crippen molar-refractivity contribution in [1.29, 1.82) is 0 Å². The Kier molecular flexibility index (Phi) is 7.05. The first kappa shape index (κ1) is 20.8. The van der Waals surface area contributed by atoms with Gasteiger partial charge in [0, 0.05) is 41.8 Å². The molecule has 0 aromatic heterocycles. The summed E-state index contributed by atoms with van der Waals surface area (Å²) in [4.78, 5) is 28.6. The van der Waals surface area contributed by atoms with Crippen LogP contribution in [0.1, 0.15) is 16.8 Å². The predicted octanol–water partition coefficient (Wildman–Crippen LogP) is 4.40. The molecule has 2 aromatic rings. The van der Waals surface area contributed by atoms with E-state index >= 15 is 0 Å². The van der Waals surface area contributed by atoms with Crippen molar-refractivity contribution < 1.29 is 14.3 Å². The van der Waals surface area contributed by atoms with Crippen molar-refractivity contribution in [1.82, 2.24) is 9.80 Å². The Hall–Kier alpha value is -1.95. The molecular weight excluding hydrogens is 423 g/mol. The Labute approximate surface area is 178 Å². The van der Waals surface area contributed by atoms with Crippen LogP contribution in [0.2, 0.25) is 15.1 Å². The maximum atomic E-state index is 12.7. The predicted molar refractivity (Wildman–Crippen MR) is 111 cm³/mol. The molecule has 5 nitrogen and oxygen atoms in total. The molecule has 0 radical (unpaired) electrons. The lowest BCUT2D eigenvalue weighted by atomic mass is 10.2. The van der Waals surface area contributed by atoms with Gasteiger partial charge in [0.25, 0.3) is 11.8 Å². The third-order valence-electron chi connectivity index (χ3n) is 4.45. The third kappa shape index (κ3) is 5.31. The van der Waals surface area contributed by atoms with Gasteiger partial charge < -0.3 is 14.5 Å². The van der Waals surface area contributed by atoms with E-state index in [0.29, 0.717) is 59.0 Å². The van der Waals surface area contributed by atoms with Crippen LogP contribution >= 0.6 is 34.8 Å². The number of rotatable bonds is 4. The molecule has 0 atom stereocenters. The molecule has 1 fully saturated rings. The van der Waals surface area contributed by atoms with Gasteiger partial charge in [-0.3, -0.25) is 9.59 Å². The second-order valence-electron chi connectivity index (χ2n) is 6.40. The SMILES string of the molecule is O=C(COc1ccc(Cl)cc1Cl)N1CCCN(C(=O)c2cccc(Cl)c2)CC1. The minimum Gasteiger partial charge on any atom is -0.482 e. The molecule has 0 aliphatic carbocycles. The van der Waals surface area contributed by atoms with Crippen LogP contribution in [0.5, 0.6) is 5.75 Å². The molecule has 0 spiro atoms. The van der Waals surface area contributed by atoms with E-state index in [1.165, 1.54) is 0 Å². The lowest BCUT2D eigenvalue weighted by molar-refractivity contribution is -0.133. The van der Waals surface area contributed by atoms with Crippen molar-refractivity contribution >= 4 is 46.6 Å². The second kappa shape index (κ2) is 9.50. The average molecular weight is 442 g/mol. The maximum Gasteiger partial charge on any atom is 0.260 e. The summed E-state index contributed by atoms with van der Waals surface area (Å²) in [6, 6.07) is 11.7. The van der Waals surface area contributed by atoms with Crippen LogP contribution < -0.4 is 4.74 Å². The van der Waals surface area contributed by atoms with E-state index in [1.54, 1.807) is 52.3 Å². The molecule has 1 aliphatic heterocycles. The first-order valence-electron chi connectivity index (χ1n) is 8.84. The fraction of sp³-hybridized carbons (Fsp3) is 0.300. The lowest BCUT2D eigenvalue weighted by Crippen LogP contribution is -2.39. The first-order valence-corrected chi connectivity index (χ1v) is 9.98. The summed E-state index contributed by atoms with van der Waals surface area (Å²) in [5, 5.41) is 1.38. The van der Waals surface area contributed by atoms with Crippen molar-refractivity contribution in [2.75, 3.05) is 32.8 Å². The summed E-state index contributed by atoms with van der Waals surface area (Å²) in [6.07, 6.45) is 0.694. The van der Waals surface area contributed by atoms with Crippen molar-refractivity contribution in [3.8, 4) is 5.75 Å². The highest BCUT2D eigenvalue weighted by molar-refractivity contribution is 6.35. The molecule has 2 aromatic carbocycles. The largest absolute Gasteiger partial charge is 0.482 e. The molecule has 8 heteroatoms. The summed E-state index contributed by atoms with van der Waals surface area (Å²) in [5.74, 6) is 0.177. The van der Waals surface area contributed by atoms with E-state index in [0.717, 1.165) is 0 Å². The van der Waals surface area contributed by atoms with Crippen LogP contribution in [0.3, 0.4) is 0 Å². The number of carbonyl (C=O) groups is 2. The van der Waals surface area contributed by atoms with Gasteiger partial charge in [0.2, 0.25) is 0 Å². The number of hydrogen-bond acceptors (Lipinski definition) is 3. The van der Waals surface area contributed by atoms with E-state index in [9.17, 15) is 9.59 Å². The highest BCUT2D eigenvalue weighted by atomic mass is 35.5. The highest BCUT2D eigenvalue weighted by Gasteiger charge is 2.23. The fourth-order valence-electron chi connectivity index (χ4n) is 3.00. The Balaban J connectivity index is 1.55. The van der Waals surface area contributed by atoms with E-state index in [-0.39, 0.29) is 18.4 Å². The quantitative estimate of drug-likeness (QED) is 0.706. The van der Waals surface area contributed by atoms with E-state index in [2.05, 4.69) is 0 Å².